The van der Waals surface area contributed by atoms with Crippen LogP contribution < -0.4 is 10.2 Å². The second-order valence-corrected chi connectivity index (χ2v) is 9.74. The molecule has 0 radical (unpaired) electrons. The van der Waals surface area contributed by atoms with Gasteiger partial charge in [0.2, 0.25) is 0 Å². The molecular formula is C29H25N3O5S. The standard InChI is InChI=1S/C29H25N3O5S/c1-16(2)17-6-8-21(9-7-17)32-26(25(31-29(32)38)22-5-3-4-12-30-22)24-11-10-23(37-24)18-13-19(27(33)34)15-20(14-18)28(35)36/h3-16,25-26H,1-2H3,(H,31,38)(H,33,34)(H,35,36)/t25-,26-/m1/s1. The molecule has 8 nitrogen and oxygen atoms in total. The number of carbonyl (C=O) groups is 2. The van der Waals surface area contributed by atoms with Crippen molar-refractivity contribution in [2.45, 2.75) is 31.8 Å². The molecule has 4 aromatic rings. The Morgan fingerprint density at radius 1 is 0.974 bits per heavy atom. The lowest BCUT2D eigenvalue weighted by Gasteiger charge is -2.26. The number of benzene rings is 2. The van der Waals surface area contributed by atoms with E-state index < -0.39 is 18.0 Å². The number of hydrogen-bond acceptors (Lipinski definition) is 5. The Morgan fingerprint density at radius 3 is 2.24 bits per heavy atom. The van der Waals surface area contributed by atoms with E-state index in [9.17, 15) is 19.8 Å². The molecule has 3 heterocycles. The highest BCUT2D eigenvalue weighted by Gasteiger charge is 2.42. The van der Waals surface area contributed by atoms with Gasteiger partial charge in [-0.15, -0.1) is 0 Å². The first-order valence-electron chi connectivity index (χ1n) is 12.1. The molecule has 1 aliphatic rings. The van der Waals surface area contributed by atoms with Crippen LogP contribution in [0.3, 0.4) is 0 Å². The molecule has 1 fully saturated rings. The van der Waals surface area contributed by atoms with Crippen LogP contribution in [0.2, 0.25) is 0 Å². The second-order valence-electron chi connectivity index (χ2n) is 9.35. The van der Waals surface area contributed by atoms with E-state index in [1.54, 1.807) is 18.3 Å². The number of thiocarbonyl (C=S) groups is 1. The van der Waals surface area contributed by atoms with Crippen molar-refractivity contribution < 1.29 is 24.2 Å². The van der Waals surface area contributed by atoms with Crippen LogP contribution in [-0.4, -0.2) is 32.2 Å². The number of rotatable bonds is 7. The molecule has 0 unspecified atom stereocenters. The maximum atomic E-state index is 11.6. The van der Waals surface area contributed by atoms with E-state index in [0.29, 0.717) is 28.1 Å². The van der Waals surface area contributed by atoms with Crippen molar-refractivity contribution in [3.8, 4) is 11.3 Å². The number of hydrogen-bond donors (Lipinski definition) is 3. The predicted molar refractivity (Wildman–Crippen MR) is 147 cm³/mol. The van der Waals surface area contributed by atoms with Gasteiger partial charge in [0.1, 0.15) is 17.6 Å². The zero-order chi connectivity index (χ0) is 27.0. The Balaban J connectivity index is 1.60. The minimum absolute atomic E-state index is 0.139. The van der Waals surface area contributed by atoms with Crippen molar-refractivity contribution in [3.63, 3.8) is 0 Å². The largest absolute Gasteiger partial charge is 0.478 e. The van der Waals surface area contributed by atoms with Crippen LogP contribution in [0.5, 0.6) is 0 Å². The molecule has 38 heavy (non-hydrogen) atoms. The zero-order valence-corrected chi connectivity index (χ0v) is 21.5. The highest BCUT2D eigenvalue weighted by atomic mass is 32.1. The van der Waals surface area contributed by atoms with Gasteiger partial charge < -0.3 is 24.8 Å². The predicted octanol–water partition coefficient (Wildman–Crippen LogP) is 6.04. The molecule has 2 aromatic heterocycles. The molecule has 0 spiro atoms. The van der Waals surface area contributed by atoms with Gasteiger partial charge in [0.05, 0.1) is 22.9 Å². The molecule has 0 bridgehead atoms. The lowest BCUT2D eigenvalue weighted by Crippen LogP contribution is -2.29. The molecule has 9 heteroatoms. The molecule has 3 N–H and O–H groups in total. The number of nitrogens with one attached hydrogen (secondary N) is 1. The zero-order valence-electron chi connectivity index (χ0n) is 20.7. The van der Waals surface area contributed by atoms with Crippen molar-refractivity contribution >= 4 is 35.0 Å². The van der Waals surface area contributed by atoms with Crippen LogP contribution in [0.25, 0.3) is 11.3 Å². The van der Waals surface area contributed by atoms with Crippen LogP contribution >= 0.6 is 12.2 Å². The van der Waals surface area contributed by atoms with E-state index in [2.05, 4.69) is 36.3 Å². The molecule has 1 aliphatic heterocycles. The molecule has 1 saturated heterocycles. The van der Waals surface area contributed by atoms with Gasteiger partial charge in [-0.1, -0.05) is 32.0 Å². The van der Waals surface area contributed by atoms with Gasteiger partial charge in [-0.05, 0) is 78.3 Å². The van der Waals surface area contributed by atoms with Gasteiger partial charge in [0, 0.05) is 17.4 Å². The number of pyridine rings is 1. The van der Waals surface area contributed by atoms with E-state index in [4.69, 9.17) is 16.6 Å². The number of anilines is 1. The molecule has 0 saturated carbocycles. The smallest absolute Gasteiger partial charge is 0.335 e. The summed E-state index contributed by atoms with van der Waals surface area (Å²) in [6.45, 7) is 4.27. The first-order valence-corrected chi connectivity index (χ1v) is 12.5. The summed E-state index contributed by atoms with van der Waals surface area (Å²) < 4.78 is 6.28. The fourth-order valence-corrected chi connectivity index (χ4v) is 4.97. The van der Waals surface area contributed by atoms with Crippen molar-refractivity contribution in [1.29, 1.82) is 0 Å². The first kappa shape index (κ1) is 25.2. The van der Waals surface area contributed by atoms with Crippen molar-refractivity contribution in [2.75, 3.05) is 4.90 Å². The van der Waals surface area contributed by atoms with Gasteiger partial charge in [-0.25, -0.2) is 9.59 Å². The Morgan fingerprint density at radius 2 is 1.66 bits per heavy atom. The van der Waals surface area contributed by atoms with Crippen molar-refractivity contribution in [1.82, 2.24) is 10.3 Å². The van der Waals surface area contributed by atoms with Crippen molar-refractivity contribution in [2.24, 2.45) is 0 Å². The van der Waals surface area contributed by atoms with Crippen LogP contribution in [0.1, 0.15) is 69.6 Å². The van der Waals surface area contributed by atoms with Crippen molar-refractivity contribution in [3.05, 3.63) is 107 Å². The quantitative estimate of drug-likeness (QED) is 0.247. The van der Waals surface area contributed by atoms with Crippen LogP contribution in [0, 0.1) is 0 Å². The molecule has 5 rings (SSSR count). The number of carboxylic acids is 2. The van der Waals surface area contributed by atoms with Gasteiger partial charge in [0.15, 0.2) is 5.11 Å². The first-order chi connectivity index (χ1) is 18.2. The monoisotopic (exact) mass is 527 g/mol. The minimum Gasteiger partial charge on any atom is -0.478 e. The summed E-state index contributed by atoms with van der Waals surface area (Å²) in [7, 11) is 0. The summed E-state index contributed by atoms with van der Waals surface area (Å²) >= 11 is 5.77. The highest BCUT2D eigenvalue weighted by Crippen LogP contribution is 2.43. The Labute approximate surface area is 224 Å². The maximum Gasteiger partial charge on any atom is 0.335 e. The normalized spacial score (nSPS) is 17.0. The maximum absolute atomic E-state index is 11.6. The number of furan rings is 1. The SMILES string of the molecule is CC(C)c1ccc(N2C(=S)N[C@H](c3ccccn3)[C@H]2c2ccc(-c3cc(C(=O)O)cc(C(=O)O)c3)o2)cc1. The average molecular weight is 528 g/mol. The molecule has 192 valence electrons. The Hall–Kier alpha value is -4.50. The lowest BCUT2D eigenvalue weighted by molar-refractivity contribution is 0.0696. The molecule has 2 aromatic carbocycles. The summed E-state index contributed by atoms with van der Waals surface area (Å²) in [5.74, 6) is -1.16. The fourth-order valence-electron chi connectivity index (χ4n) is 4.63. The number of carboxylic acid groups (broad SMARTS) is 2. The lowest BCUT2D eigenvalue weighted by atomic mass is 10.0. The number of aromatic nitrogens is 1. The van der Waals surface area contributed by atoms with Crippen LogP contribution in [0.4, 0.5) is 5.69 Å². The topological polar surface area (TPSA) is 116 Å². The van der Waals surface area contributed by atoms with Gasteiger partial charge >= 0.3 is 11.9 Å². The summed E-state index contributed by atoms with van der Waals surface area (Å²) in [6.07, 6.45) is 1.72. The Bertz CT molecular complexity index is 1480. The van der Waals surface area contributed by atoms with E-state index in [1.165, 1.54) is 17.7 Å². The number of nitrogens with zero attached hydrogens (tertiary/aromatic N) is 2. The average Bonchev–Trinajstić information content (AvgIpc) is 3.53. The Kier molecular flexibility index (Phi) is 6.69. The van der Waals surface area contributed by atoms with E-state index in [0.717, 1.165) is 17.4 Å². The molecular weight excluding hydrogens is 502 g/mol. The van der Waals surface area contributed by atoms with Gasteiger partial charge in [-0.2, -0.15) is 0 Å². The van der Waals surface area contributed by atoms with Gasteiger partial charge in [-0.3, -0.25) is 4.98 Å². The molecule has 2 atom stereocenters. The highest BCUT2D eigenvalue weighted by molar-refractivity contribution is 7.80. The molecule has 0 amide bonds. The number of aromatic carboxylic acids is 2. The van der Waals surface area contributed by atoms with E-state index >= 15 is 0 Å². The summed E-state index contributed by atoms with van der Waals surface area (Å²) in [4.78, 5) is 29.8. The third-order valence-electron chi connectivity index (χ3n) is 6.57. The van der Waals surface area contributed by atoms with Crippen LogP contribution in [-0.2, 0) is 0 Å². The molecule has 0 aliphatic carbocycles. The third kappa shape index (κ3) is 4.76. The third-order valence-corrected chi connectivity index (χ3v) is 6.88. The van der Waals surface area contributed by atoms with Gasteiger partial charge in [0.25, 0.3) is 0 Å². The summed E-state index contributed by atoms with van der Waals surface area (Å²) in [5.41, 5.74) is 2.94. The van der Waals surface area contributed by atoms with E-state index in [-0.39, 0.29) is 17.2 Å². The van der Waals surface area contributed by atoms with Crippen LogP contribution in [0.15, 0.2) is 83.4 Å². The minimum atomic E-state index is -1.22. The fraction of sp³-hybridized carbons (Fsp3) is 0.172. The second kappa shape index (κ2) is 10.1. The van der Waals surface area contributed by atoms with E-state index in [1.807, 2.05) is 35.2 Å². The summed E-state index contributed by atoms with van der Waals surface area (Å²) in [5, 5.41) is 22.9. The summed E-state index contributed by atoms with van der Waals surface area (Å²) in [6, 6.07) is 20.6.